The third-order valence-electron chi connectivity index (χ3n) is 2.76. The highest BCUT2D eigenvalue weighted by Gasteiger charge is 2.21. The summed E-state index contributed by atoms with van der Waals surface area (Å²) < 4.78 is 1.21. The second kappa shape index (κ2) is 4.40. The van der Waals surface area contributed by atoms with Gasteiger partial charge in [-0.3, -0.25) is 15.1 Å². The molecule has 0 fully saturated rings. The molecule has 0 aliphatic rings. The number of benzene rings is 1. The van der Waals surface area contributed by atoms with Crippen LogP contribution in [0.4, 0.5) is 5.69 Å². The van der Waals surface area contributed by atoms with Crippen molar-refractivity contribution in [2.24, 2.45) is 0 Å². The fraction of sp³-hybridized carbons (Fsp3) is 0. The van der Waals surface area contributed by atoms with E-state index in [-0.39, 0.29) is 17.2 Å². The van der Waals surface area contributed by atoms with Gasteiger partial charge in [-0.15, -0.1) is 5.10 Å². The molecule has 0 saturated heterocycles. The summed E-state index contributed by atoms with van der Waals surface area (Å²) in [7, 11) is 0. The van der Waals surface area contributed by atoms with Crippen LogP contribution in [0.5, 0.6) is 0 Å². The molecule has 20 heavy (non-hydrogen) atoms. The number of hydrogen-bond donors (Lipinski definition) is 0. The zero-order valence-corrected chi connectivity index (χ0v) is 9.96. The van der Waals surface area contributed by atoms with Crippen LogP contribution < -0.4 is 0 Å². The van der Waals surface area contributed by atoms with Crippen LogP contribution in [0.25, 0.3) is 16.6 Å². The molecule has 0 bridgehead atoms. The summed E-state index contributed by atoms with van der Waals surface area (Å²) in [5.74, 6) is -0.0504. The van der Waals surface area contributed by atoms with Crippen LogP contribution in [0.3, 0.4) is 0 Å². The molecule has 0 radical (unpaired) electrons. The van der Waals surface area contributed by atoms with Crippen molar-refractivity contribution in [2.75, 3.05) is 0 Å². The summed E-state index contributed by atoms with van der Waals surface area (Å²) >= 11 is 0. The van der Waals surface area contributed by atoms with Crippen molar-refractivity contribution in [2.45, 2.75) is 0 Å². The van der Waals surface area contributed by atoms with Gasteiger partial charge in [-0.05, 0) is 24.3 Å². The van der Waals surface area contributed by atoms with Crippen molar-refractivity contribution < 1.29 is 4.92 Å². The maximum absolute atomic E-state index is 11.3. The molecule has 0 unspecified atom stereocenters. The molecule has 8 nitrogen and oxygen atoms in total. The molecule has 2 heterocycles. The average molecular weight is 266 g/mol. The van der Waals surface area contributed by atoms with E-state index in [0.29, 0.717) is 10.9 Å². The highest BCUT2D eigenvalue weighted by atomic mass is 16.6. The van der Waals surface area contributed by atoms with Gasteiger partial charge < -0.3 is 0 Å². The number of nitro benzene ring substituents is 1. The van der Waals surface area contributed by atoms with Crippen LogP contribution in [0, 0.1) is 21.4 Å². The van der Waals surface area contributed by atoms with Crippen LogP contribution in [-0.4, -0.2) is 24.7 Å². The predicted octanol–water partition coefficient (Wildman–Crippen LogP) is 1.60. The Hall–Kier alpha value is -3.34. The Balaban J connectivity index is 2.33. The van der Waals surface area contributed by atoms with E-state index < -0.39 is 4.92 Å². The summed E-state index contributed by atoms with van der Waals surface area (Å²) in [6.07, 6.45) is 2.83. The Morgan fingerprint density at radius 1 is 1.30 bits per heavy atom. The van der Waals surface area contributed by atoms with Gasteiger partial charge in [-0.25, -0.2) is 9.67 Å². The molecule has 0 amide bonds. The SMILES string of the molecule is N#Cc1ncn(-c2ccc3ncccc3c2[N+](=O)[O-])n1. The van der Waals surface area contributed by atoms with Crippen molar-refractivity contribution in [3.8, 4) is 11.8 Å². The third-order valence-corrected chi connectivity index (χ3v) is 2.76. The summed E-state index contributed by atoms with van der Waals surface area (Å²) in [5, 5.41) is 24.3. The van der Waals surface area contributed by atoms with E-state index in [4.69, 9.17) is 5.26 Å². The number of aromatic nitrogens is 4. The highest BCUT2D eigenvalue weighted by molar-refractivity contribution is 5.91. The molecule has 8 heteroatoms. The first-order valence-electron chi connectivity index (χ1n) is 5.55. The number of nitriles is 1. The van der Waals surface area contributed by atoms with Crippen molar-refractivity contribution in [1.29, 1.82) is 5.26 Å². The molecule has 1 aromatic carbocycles. The first kappa shape index (κ1) is 11.7. The number of hydrogen-bond acceptors (Lipinski definition) is 6. The van der Waals surface area contributed by atoms with Gasteiger partial charge in [0.2, 0.25) is 0 Å². The lowest BCUT2D eigenvalue weighted by molar-refractivity contribution is -0.382. The fourth-order valence-electron chi connectivity index (χ4n) is 1.93. The lowest BCUT2D eigenvalue weighted by Gasteiger charge is -2.04. The molecule has 3 aromatic rings. The minimum Gasteiger partial charge on any atom is -0.258 e. The van der Waals surface area contributed by atoms with Gasteiger partial charge in [0.05, 0.1) is 15.8 Å². The zero-order chi connectivity index (χ0) is 14.1. The summed E-state index contributed by atoms with van der Waals surface area (Å²) in [6.45, 7) is 0. The monoisotopic (exact) mass is 266 g/mol. The smallest absolute Gasteiger partial charge is 0.258 e. The van der Waals surface area contributed by atoms with Gasteiger partial charge in [0.25, 0.3) is 5.82 Å². The highest BCUT2D eigenvalue weighted by Crippen LogP contribution is 2.30. The van der Waals surface area contributed by atoms with Crippen LogP contribution in [0.15, 0.2) is 36.8 Å². The molecule has 3 rings (SSSR count). The average Bonchev–Trinajstić information content (AvgIpc) is 2.94. The van der Waals surface area contributed by atoms with Gasteiger partial charge >= 0.3 is 5.69 Å². The van der Waals surface area contributed by atoms with E-state index >= 15 is 0 Å². The van der Waals surface area contributed by atoms with Crippen LogP contribution >= 0.6 is 0 Å². The Morgan fingerprint density at radius 3 is 2.85 bits per heavy atom. The van der Waals surface area contributed by atoms with E-state index in [0.717, 1.165) is 0 Å². The van der Waals surface area contributed by atoms with Gasteiger partial charge in [-0.2, -0.15) is 5.26 Å². The van der Waals surface area contributed by atoms with Crippen LogP contribution in [-0.2, 0) is 0 Å². The van der Waals surface area contributed by atoms with Crippen molar-refractivity contribution in [3.63, 3.8) is 0 Å². The minimum atomic E-state index is -0.493. The van der Waals surface area contributed by atoms with E-state index in [2.05, 4.69) is 15.1 Å². The zero-order valence-electron chi connectivity index (χ0n) is 9.96. The molecule has 96 valence electrons. The standard InChI is InChI=1S/C12H6N6O2/c13-6-11-15-7-17(16-11)10-4-3-9-8(2-1-5-14-9)12(10)18(19)20/h1-5,7H. The Kier molecular flexibility index (Phi) is 2.58. The van der Waals surface area contributed by atoms with E-state index in [1.807, 2.05) is 0 Å². The van der Waals surface area contributed by atoms with Crippen molar-refractivity contribution in [3.05, 3.63) is 52.7 Å². The minimum absolute atomic E-state index is 0.0504. The summed E-state index contributed by atoms with van der Waals surface area (Å²) in [5.41, 5.74) is 0.637. The maximum atomic E-state index is 11.3. The third kappa shape index (κ3) is 1.74. The normalized spacial score (nSPS) is 10.3. The fourth-order valence-corrected chi connectivity index (χ4v) is 1.93. The topological polar surface area (TPSA) is 111 Å². The van der Waals surface area contributed by atoms with Gasteiger partial charge in [0.1, 0.15) is 18.1 Å². The molecule has 0 aliphatic carbocycles. The summed E-state index contributed by atoms with van der Waals surface area (Å²) in [4.78, 5) is 18.7. The van der Waals surface area contributed by atoms with Crippen LogP contribution in [0.1, 0.15) is 5.82 Å². The largest absolute Gasteiger partial charge is 0.304 e. The molecule has 0 saturated carbocycles. The molecular weight excluding hydrogens is 260 g/mol. The second-order valence-corrected chi connectivity index (χ2v) is 3.89. The molecule has 0 aliphatic heterocycles. The Labute approximate surface area is 112 Å². The molecule has 0 spiro atoms. The lowest BCUT2D eigenvalue weighted by atomic mass is 10.1. The number of nitro groups is 1. The molecule has 0 N–H and O–H groups in total. The molecular formula is C12H6N6O2. The van der Waals surface area contributed by atoms with Crippen LogP contribution in [0.2, 0.25) is 0 Å². The van der Waals surface area contributed by atoms with E-state index in [9.17, 15) is 10.1 Å². The predicted molar refractivity (Wildman–Crippen MR) is 68.0 cm³/mol. The van der Waals surface area contributed by atoms with Crippen molar-refractivity contribution in [1.82, 2.24) is 19.7 Å². The van der Waals surface area contributed by atoms with E-state index in [1.54, 1.807) is 30.5 Å². The second-order valence-electron chi connectivity index (χ2n) is 3.89. The van der Waals surface area contributed by atoms with Gasteiger partial charge in [-0.1, -0.05) is 0 Å². The quantitative estimate of drug-likeness (QED) is 0.514. The number of pyridine rings is 1. The van der Waals surface area contributed by atoms with Gasteiger partial charge in [0, 0.05) is 6.20 Å². The summed E-state index contributed by atoms with van der Waals surface area (Å²) in [6, 6.07) is 8.21. The lowest BCUT2D eigenvalue weighted by Crippen LogP contribution is -2.02. The number of rotatable bonds is 2. The number of fused-ring (bicyclic) bond motifs is 1. The maximum Gasteiger partial charge on any atom is 0.304 e. The first-order valence-corrected chi connectivity index (χ1v) is 5.55. The first-order chi connectivity index (χ1) is 9.70. The van der Waals surface area contributed by atoms with Gasteiger partial charge in [0.15, 0.2) is 0 Å². The Bertz CT molecular complexity index is 864. The number of nitrogens with zero attached hydrogens (tertiary/aromatic N) is 6. The molecule has 0 atom stereocenters. The Morgan fingerprint density at radius 2 is 2.15 bits per heavy atom. The molecule has 2 aromatic heterocycles. The van der Waals surface area contributed by atoms with E-state index in [1.165, 1.54) is 17.1 Å². The van der Waals surface area contributed by atoms with Crippen molar-refractivity contribution >= 4 is 16.6 Å².